The molecule has 2 fully saturated rings. The lowest BCUT2D eigenvalue weighted by atomic mass is 9.86. The van der Waals surface area contributed by atoms with Gasteiger partial charge in [0.1, 0.15) is 6.04 Å². The second-order valence-electron chi connectivity index (χ2n) is 8.98. The third kappa shape index (κ3) is 5.13. The third-order valence-electron chi connectivity index (χ3n) is 5.86. The van der Waals surface area contributed by atoms with Crippen molar-refractivity contribution in [1.82, 2.24) is 9.80 Å². The first kappa shape index (κ1) is 20.8. The number of carbonyl (C=O) groups excluding carboxylic acids is 2. The van der Waals surface area contributed by atoms with Crippen LogP contribution in [0.1, 0.15) is 57.6 Å². The van der Waals surface area contributed by atoms with Gasteiger partial charge < -0.3 is 14.5 Å². The summed E-state index contributed by atoms with van der Waals surface area (Å²) >= 11 is 0. The quantitative estimate of drug-likeness (QED) is 0.781. The first-order valence-electron chi connectivity index (χ1n) is 10.6. The van der Waals surface area contributed by atoms with Crippen LogP contribution in [0.25, 0.3) is 0 Å². The van der Waals surface area contributed by atoms with Gasteiger partial charge in [-0.3, -0.25) is 9.59 Å². The van der Waals surface area contributed by atoms with Crippen LogP contribution in [0.3, 0.4) is 0 Å². The molecule has 28 heavy (non-hydrogen) atoms. The highest BCUT2D eigenvalue weighted by atomic mass is 16.5. The van der Waals surface area contributed by atoms with Crippen molar-refractivity contribution < 1.29 is 14.3 Å². The van der Waals surface area contributed by atoms with Gasteiger partial charge in [0.05, 0.1) is 13.2 Å². The average molecular weight is 387 g/mol. The number of likely N-dealkylation sites (tertiary alicyclic amines) is 1. The Hall–Kier alpha value is -1.88. The van der Waals surface area contributed by atoms with Crippen molar-refractivity contribution in [2.24, 2.45) is 0 Å². The van der Waals surface area contributed by atoms with Gasteiger partial charge in [-0.05, 0) is 42.2 Å². The van der Waals surface area contributed by atoms with Crippen molar-refractivity contribution in [1.29, 1.82) is 0 Å². The number of hydrogen-bond acceptors (Lipinski definition) is 3. The normalized spacial score (nSPS) is 20.5. The molecule has 0 N–H and O–H groups in total. The third-order valence-corrected chi connectivity index (χ3v) is 5.86. The number of rotatable bonds is 5. The van der Waals surface area contributed by atoms with Gasteiger partial charge in [0.25, 0.3) is 0 Å². The Kier molecular flexibility index (Phi) is 6.76. The Bertz CT molecular complexity index is 672. The van der Waals surface area contributed by atoms with Gasteiger partial charge in [-0.25, -0.2) is 0 Å². The zero-order chi connectivity index (χ0) is 20.1. The van der Waals surface area contributed by atoms with Gasteiger partial charge >= 0.3 is 0 Å². The van der Waals surface area contributed by atoms with Crippen molar-refractivity contribution in [3.8, 4) is 0 Å². The van der Waals surface area contributed by atoms with E-state index in [1.54, 1.807) is 0 Å². The Morgan fingerprint density at radius 1 is 1.07 bits per heavy atom. The molecule has 0 saturated carbocycles. The zero-order valence-electron chi connectivity index (χ0n) is 17.6. The van der Waals surface area contributed by atoms with Crippen molar-refractivity contribution in [2.45, 2.75) is 64.3 Å². The smallest absolute Gasteiger partial charge is 0.245 e. The van der Waals surface area contributed by atoms with Gasteiger partial charge in [0, 0.05) is 26.1 Å². The minimum absolute atomic E-state index is 0.104. The minimum atomic E-state index is -0.267. The Labute approximate surface area is 169 Å². The molecule has 0 spiro atoms. The van der Waals surface area contributed by atoms with Crippen LogP contribution < -0.4 is 0 Å². The standard InChI is InChI=1S/C23H34N2O3/c1-23(2,3)19-11-9-18(10-12-19)6-4-8-21(26)25-13-5-7-20(25)22(27)24-14-16-28-17-15-24/h9-12,20H,4-8,13-17H2,1-3H3/t20-/m1/s1. The van der Waals surface area contributed by atoms with Crippen molar-refractivity contribution in [3.05, 3.63) is 35.4 Å². The first-order chi connectivity index (χ1) is 13.4. The Balaban J connectivity index is 1.49. The lowest BCUT2D eigenvalue weighted by molar-refractivity contribution is -0.146. The van der Waals surface area contributed by atoms with Crippen LogP contribution in [0.2, 0.25) is 0 Å². The second kappa shape index (κ2) is 9.08. The van der Waals surface area contributed by atoms with E-state index in [1.165, 1.54) is 11.1 Å². The van der Waals surface area contributed by atoms with Crippen LogP contribution >= 0.6 is 0 Å². The lowest BCUT2D eigenvalue weighted by Gasteiger charge is -2.32. The maximum absolute atomic E-state index is 12.8. The predicted molar refractivity (Wildman–Crippen MR) is 110 cm³/mol. The maximum atomic E-state index is 12.8. The van der Waals surface area contributed by atoms with E-state index in [2.05, 4.69) is 45.0 Å². The molecule has 154 valence electrons. The summed E-state index contributed by atoms with van der Waals surface area (Å²) in [6, 6.07) is 8.46. The number of morpholine rings is 1. The number of carbonyl (C=O) groups is 2. The van der Waals surface area contributed by atoms with Crippen LogP contribution in [0, 0.1) is 0 Å². The molecule has 2 amide bonds. The number of benzene rings is 1. The molecule has 0 aromatic heterocycles. The summed E-state index contributed by atoms with van der Waals surface area (Å²) < 4.78 is 5.33. The summed E-state index contributed by atoms with van der Waals surface area (Å²) in [5, 5.41) is 0. The topological polar surface area (TPSA) is 49.9 Å². The first-order valence-corrected chi connectivity index (χ1v) is 10.6. The van der Waals surface area contributed by atoms with E-state index in [9.17, 15) is 9.59 Å². The van der Waals surface area contributed by atoms with Crippen molar-refractivity contribution in [2.75, 3.05) is 32.8 Å². The van der Waals surface area contributed by atoms with Crippen LogP contribution in [0.4, 0.5) is 0 Å². The number of amides is 2. The molecule has 2 heterocycles. The molecule has 0 unspecified atom stereocenters. The highest BCUT2D eigenvalue weighted by molar-refractivity contribution is 5.88. The van der Waals surface area contributed by atoms with Crippen LogP contribution in [0.15, 0.2) is 24.3 Å². The number of hydrogen-bond donors (Lipinski definition) is 0. The van der Waals surface area contributed by atoms with E-state index in [0.29, 0.717) is 39.3 Å². The monoisotopic (exact) mass is 386 g/mol. The molecule has 1 atom stereocenters. The molecular weight excluding hydrogens is 352 g/mol. The molecular formula is C23H34N2O3. The summed E-state index contributed by atoms with van der Waals surface area (Å²) in [5.74, 6) is 0.224. The maximum Gasteiger partial charge on any atom is 0.245 e. The van der Waals surface area contributed by atoms with E-state index < -0.39 is 0 Å². The molecule has 0 aliphatic carbocycles. The number of ether oxygens (including phenoxy) is 1. The number of aryl methyl sites for hydroxylation is 1. The molecule has 5 nitrogen and oxygen atoms in total. The van der Waals surface area contributed by atoms with Gasteiger partial charge in [-0.2, -0.15) is 0 Å². The van der Waals surface area contributed by atoms with E-state index in [-0.39, 0.29) is 23.3 Å². The van der Waals surface area contributed by atoms with E-state index >= 15 is 0 Å². The van der Waals surface area contributed by atoms with Gasteiger partial charge in [-0.1, -0.05) is 45.0 Å². The minimum Gasteiger partial charge on any atom is -0.378 e. The summed E-state index contributed by atoms with van der Waals surface area (Å²) in [4.78, 5) is 29.2. The highest BCUT2D eigenvalue weighted by Gasteiger charge is 2.36. The summed E-state index contributed by atoms with van der Waals surface area (Å²) in [7, 11) is 0. The summed E-state index contributed by atoms with van der Waals surface area (Å²) in [6.07, 6.45) is 3.93. The molecule has 0 radical (unpaired) electrons. The molecule has 2 aliphatic rings. The average Bonchev–Trinajstić information content (AvgIpc) is 3.17. The SMILES string of the molecule is CC(C)(C)c1ccc(CCCC(=O)N2CCC[C@@H]2C(=O)N2CCOCC2)cc1. The lowest BCUT2D eigenvalue weighted by Crippen LogP contribution is -2.51. The zero-order valence-corrected chi connectivity index (χ0v) is 17.6. The fraction of sp³-hybridized carbons (Fsp3) is 0.652. The Morgan fingerprint density at radius 2 is 1.75 bits per heavy atom. The van der Waals surface area contributed by atoms with Crippen molar-refractivity contribution in [3.63, 3.8) is 0 Å². The molecule has 1 aromatic carbocycles. The summed E-state index contributed by atoms with van der Waals surface area (Å²) in [6.45, 7) is 9.83. The molecule has 1 aromatic rings. The molecule has 2 aliphatic heterocycles. The second-order valence-corrected chi connectivity index (χ2v) is 8.98. The molecule has 0 bridgehead atoms. The Morgan fingerprint density at radius 3 is 2.39 bits per heavy atom. The molecule has 5 heteroatoms. The molecule has 3 rings (SSSR count). The molecule has 2 saturated heterocycles. The fourth-order valence-electron chi connectivity index (χ4n) is 4.08. The van der Waals surface area contributed by atoms with E-state index in [0.717, 1.165) is 25.7 Å². The van der Waals surface area contributed by atoms with Crippen LogP contribution in [-0.2, 0) is 26.2 Å². The van der Waals surface area contributed by atoms with Crippen LogP contribution in [0.5, 0.6) is 0 Å². The van der Waals surface area contributed by atoms with Crippen molar-refractivity contribution >= 4 is 11.8 Å². The van der Waals surface area contributed by atoms with E-state index in [4.69, 9.17) is 4.74 Å². The van der Waals surface area contributed by atoms with Crippen LogP contribution in [-0.4, -0.2) is 60.5 Å². The van der Waals surface area contributed by atoms with E-state index in [1.807, 2.05) is 9.80 Å². The number of nitrogens with zero attached hydrogens (tertiary/aromatic N) is 2. The largest absolute Gasteiger partial charge is 0.378 e. The van der Waals surface area contributed by atoms with Gasteiger partial charge in [0.15, 0.2) is 0 Å². The summed E-state index contributed by atoms with van der Waals surface area (Å²) in [5.41, 5.74) is 2.75. The highest BCUT2D eigenvalue weighted by Crippen LogP contribution is 2.24. The fourth-order valence-corrected chi connectivity index (χ4v) is 4.08. The van der Waals surface area contributed by atoms with Gasteiger partial charge in [0.2, 0.25) is 11.8 Å². The predicted octanol–water partition coefficient (Wildman–Crippen LogP) is 3.16. The van der Waals surface area contributed by atoms with Gasteiger partial charge in [-0.15, -0.1) is 0 Å².